The van der Waals surface area contributed by atoms with Gasteiger partial charge in [0.1, 0.15) is 5.54 Å². The van der Waals surface area contributed by atoms with Crippen molar-refractivity contribution in [3.63, 3.8) is 0 Å². The first kappa shape index (κ1) is 17.7. The number of benzene rings is 1. The van der Waals surface area contributed by atoms with Crippen LogP contribution in [0.15, 0.2) is 24.3 Å². The van der Waals surface area contributed by atoms with Crippen LogP contribution in [0.1, 0.15) is 52.6 Å². The minimum absolute atomic E-state index is 0.0778. The maximum atomic E-state index is 12.7. The Kier molecular flexibility index (Phi) is 5.76. The Morgan fingerprint density at radius 3 is 2.25 bits per heavy atom. The van der Waals surface area contributed by atoms with Gasteiger partial charge < -0.3 is 10.6 Å². The lowest BCUT2D eigenvalue weighted by Gasteiger charge is -2.36. The van der Waals surface area contributed by atoms with Crippen molar-refractivity contribution >= 4 is 35.3 Å². The number of rotatable bonds is 4. The van der Waals surface area contributed by atoms with Crippen molar-refractivity contribution in [3.05, 3.63) is 35.4 Å². The summed E-state index contributed by atoms with van der Waals surface area (Å²) < 4.78 is 0.484. The molecule has 2 fully saturated rings. The molecule has 1 aromatic carbocycles. The van der Waals surface area contributed by atoms with Gasteiger partial charge in [-0.25, -0.2) is 0 Å². The Bertz CT molecular complexity index is 592. The van der Waals surface area contributed by atoms with E-state index in [1.807, 2.05) is 47.8 Å². The highest BCUT2D eigenvalue weighted by atomic mass is 32.2. The van der Waals surface area contributed by atoms with Crippen LogP contribution in [0.3, 0.4) is 0 Å². The molecule has 130 valence electrons. The van der Waals surface area contributed by atoms with Crippen LogP contribution in [0.25, 0.3) is 0 Å². The molecule has 0 unspecified atom stereocenters. The number of carbonyl (C=O) groups is 2. The summed E-state index contributed by atoms with van der Waals surface area (Å²) in [5, 5.41) is 5.75. The second-order valence-corrected chi connectivity index (χ2v) is 9.10. The summed E-state index contributed by atoms with van der Waals surface area (Å²) in [7, 11) is 1.64. The largest absolute Gasteiger partial charge is 0.357 e. The summed E-state index contributed by atoms with van der Waals surface area (Å²) in [6, 6.07) is 7.84. The van der Waals surface area contributed by atoms with Gasteiger partial charge in [0, 0.05) is 24.1 Å². The lowest BCUT2D eigenvalue weighted by atomic mass is 9.80. The minimum Gasteiger partial charge on any atom is -0.357 e. The average molecular weight is 365 g/mol. The molecule has 4 nitrogen and oxygen atoms in total. The van der Waals surface area contributed by atoms with E-state index in [9.17, 15) is 9.59 Å². The molecule has 0 radical (unpaired) electrons. The summed E-state index contributed by atoms with van der Waals surface area (Å²) in [5.41, 5.74) is 1.14. The molecule has 0 spiro atoms. The molecule has 0 bridgehead atoms. The van der Waals surface area contributed by atoms with Crippen molar-refractivity contribution < 1.29 is 9.59 Å². The van der Waals surface area contributed by atoms with Crippen molar-refractivity contribution in [3.8, 4) is 0 Å². The highest BCUT2D eigenvalue weighted by molar-refractivity contribution is 8.19. The quantitative estimate of drug-likeness (QED) is 0.860. The van der Waals surface area contributed by atoms with Gasteiger partial charge in [-0.05, 0) is 30.5 Å². The molecule has 1 aromatic rings. The van der Waals surface area contributed by atoms with Crippen LogP contribution in [0, 0.1) is 0 Å². The van der Waals surface area contributed by atoms with Crippen molar-refractivity contribution in [2.45, 2.75) is 42.2 Å². The fourth-order valence-corrected chi connectivity index (χ4v) is 6.29. The van der Waals surface area contributed by atoms with E-state index in [0.717, 1.165) is 19.3 Å². The highest BCUT2D eigenvalue weighted by Crippen LogP contribution is 2.45. The Labute approximate surface area is 151 Å². The molecule has 2 amide bonds. The van der Waals surface area contributed by atoms with E-state index in [1.165, 1.54) is 17.1 Å². The normalized spacial score (nSPS) is 20.5. The van der Waals surface area contributed by atoms with Gasteiger partial charge in [-0.15, -0.1) is 23.5 Å². The van der Waals surface area contributed by atoms with Crippen molar-refractivity contribution in [2.75, 3.05) is 18.6 Å². The molecule has 6 heteroatoms. The maximum absolute atomic E-state index is 12.7. The number of likely N-dealkylation sites (N-methyl/N-ethyl adjacent to an activating group) is 1. The molecule has 1 saturated carbocycles. The molecule has 1 aliphatic carbocycles. The molecule has 24 heavy (non-hydrogen) atoms. The van der Waals surface area contributed by atoms with E-state index in [2.05, 4.69) is 10.6 Å². The predicted molar refractivity (Wildman–Crippen MR) is 101 cm³/mol. The van der Waals surface area contributed by atoms with Gasteiger partial charge in [-0.2, -0.15) is 0 Å². The van der Waals surface area contributed by atoms with Gasteiger partial charge in [-0.3, -0.25) is 9.59 Å². The molecular formula is C18H24N2O2S2. The van der Waals surface area contributed by atoms with Gasteiger partial charge in [0.2, 0.25) is 5.91 Å². The molecular weight excluding hydrogens is 340 g/mol. The second-order valence-electron chi connectivity index (χ2n) is 6.37. The van der Waals surface area contributed by atoms with E-state index >= 15 is 0 Å². The van der Waals surface area contributed by atoms with Crippen molar-refractivity contribution in [2.24, 2.45) is 0 Å². The van der Waals surface area contributed by atoms with Crippen LogP contribution >= 0.6 is 23.5 Å². The number of amides is 2. The summed E-state index contributed by atoms with van der Waals surface area (Å²) in [6.45, 7) is 0. The second kappa shape index (κ2) is 7.83. The molecule has 1 saturated heterocycles. The first-order valence-corrected chi connectivity index (χ1v) is 10.6. The zero-order chi connectivity index (χ0) is 17.0. The fraction of sp³-hybridized carbons (Fsp3) is 0.556. The average Bonchev–Trinajstić information content (AvgIpc) is 3.16. The topological polar surface area (TPSA) is 58.2 Å². The highest BCUT2D eigenvalue weighted by Gasteiger charge is 2.40. The molecule has 0 atom stereocenters. The van der Waals surface area contributed by atoms with E-state index in [0.29, 0.717) is 23.0 Å². The van der Waals surface area contributed by atoms with Gasteiger partial charge in [0.25, 0.3) is 5.91 Å². The number of thioether (sulfide) groups is 2. The van der Waals surface area contributed by atoms with Crippen LogP contribution in [-0.2, 0) is 4.79 Å². The zero-order valence-electron chi connectivity index (χ0n) is 14.0. The number of hydrogen-bond donors (Lipinski definition) is 2. The van der Waals surface area contributed by atoms with Crippen LogP contribution < -0.4 is 10.6 Å². The standard InChI is InChI=1S/C18H24N2O2S2/c1-19-17(22)18(9-3-2-4-10-18)20-15(21)13-5-7-14(8-6-13)16-23-11-12-24-16/h5-8,16H,2-4,9-12H2,1H3,(H,19,22)(H,20,21). The first-order chi connectivity index (χ1) is 11.6. The van der Waals surface area contributed by atoms with Crippen molar-refractivity contribution in [1.82, 2.24) is 10.6 Å². The third-order valence-electron chi connectivity index (χ3n) is 4.79. The molecule has 0 aromatic heterocycles. The Hall–Kier alpha value is -1.14. The van der Waals surface area contributed by atoms with Crippen LogP contribution in [-0.4, -0.2) is 35.9 Å². The third kappa shape index (κ3) is 3.75. The summed E-state index contributed by atoms with van der Waals surface area (Å²) in [4.78, 5) is 25.0. The van der Waals surface area contributed by atoms with Gasteiger partial charge in [0.15, 0.2) is 0 Å². The number of nitrogens with one attached hydrogen (secondary N) is 2. The van der Waals surface area contributed by atoms with Gasteiger partial charge >= 0.3 is 0 Å². The summed E-state index contributed by atoms with van der Waals surface area (Å²) >= 11 is 3.91. The Morgan fingerprint density at radius 2 is 1.67 bits per heavy atom. The molecule has 2 aliphatic rings. The minimum atomic E-state index is -0.750. The first-order valence-electron chi connectivity index (χ1n) is 8.52. The lowest BCUT2D eigenvalue weighted by Crippen LogP contribution is -2.59. The smallest absolute Gasteiger partial charge is 0.252 e. The monoisotopic (exact) mass is 364 g/mol. The maximum Gasteiger partial charge on any atom is 0.252 e. The van der Waals surface area contributed by atoms with E-state index < -0.39 is 5.54 Å². The Balaban J connectivity index is 1.71. The van der Waals surface area contributed by atoms with Gasteiger partial charge in [-0.1, -0.05) is 31.4 Å². The van der Waals surface area contributed by atoms with Crippen LogP contribution in [0.5, 0.6) is 0 Å². The number of hydrogen-bond acceptors (Lipinski definition) is 4. The molecule has 2 N–H and O–H groups in total. The molecule has 3 rings (SSSR count). The van der Waals surface area contributed by atoms with Crippen LogP contribution in [0.4, 0.5) is 0 Å². The molecule has 1 heterocycles. The molecule has 1 aliphatic heterocycles. The fourth-order valence-electron chi connectivity index (χ4n) is 3.44. The lowest BCUT2D eigenvalue weighted by molar-refractivity contribution is -0.128. The van der Waals surface area contributed by atoms with E-state index in [4.69, 9.17) is 0 Å². The predicted octanol–water partition coefficient (Wildman–Crippen LogP) is 3.34. The summed E-state index contributed by atoms with van der Waals surface area (Å²) in [6.07, 6.45) is 4.50. The zero-order valence-corrected chi connectivity index (χ0v) is 15.6. The SMILES string of the molecule is CNC(=O)C1(NC(=O)c2ccc(C3SCCS3)cc2)CCCCC1. The number of carbonyl (C=O) groups excluding carboxylic acids is 2. The van der Waals surface area contributed by atoms with E-state index in [-0.39, 0.29) is 11.8 Å². The Morgan fingerprint density at radius 1 is 1.04 bits per heavy atom. The van der Waals surface area contributed by atoms with E-state index in [1.54, 1.807) is 7.05 Å². The van der Waals surface area contributed by atoms with Crippen molar-refractivity contribution in [1.29, 1.82) is 0 Å². The van der Waals surface area contributed by atoms with Crippen LogP contribution in [0.2, 0.25) is 0 Å². The van der Waals surface area contributed by atoms with Gasteiger partial charge in [0.05, 0.1) is 4.58 Å². The third-order valence-corrected chi connectivity index (χ3v) is 7.89. The summed E-state index contributed by atoms with van der Waals surface area (Å²) in [5.74, 6) is 2.14.